The lowest BCUT2D eigenvalue weighted by Crippen LogP contribution is -2.20. The molecule has 0 radical (unpaired) electrons. The molecule has 3 aromatic carbocycles. The summed E-state index contributed by atoms with van der Waals surface area (Å²) in [5.41, 5.74) is 2.92. The SMILES string of the molecule is O=c1ccc2ccc(OCC(O)CSc3nnc(-c4cccc(Br)c4Br)c(-c4cccc(Br)c4Br)n3)cc2o1. The molecule has 198 valence electrons. The Bertz CT molecular complexity index is 1730. The molecular formula is C27H17Br4N3O4S. The molecule has 1 unspecified atom stereocenters. The summed E-state index contributed by atoms with van der Waals surface area (Å²) in [6.45, 7) is 0.0378. The second-order valence-corrected chi connectivity index (χ2v) is 12.5. The van der Waals surface area contributed by atoms with E-state index in [-0.39, 0.29) is 12.4 Å². The zero-order chi connectivity index (χ0) is 27.5. The highest BCUT2D eigenvalue weighted by Crippen LogP contribution is 2.41. The number of hydrogen-bond donors (Lipinski definition) is 1. The number of thioether (sulfide) groups is 1. The molecule has 7 nitrogen and oxygen atoms in total. The first-order chi connectivity index (χ1) is 18.8. The van der Waals surface area contributed by atoms with Crippen molar-refractivity contribution in [2.75, 3.05) is 12.4 Å². The standard InChI is InChI=1S/C27H17Br4N3O4S/c28-19-5-1-3-17(23(19)30)25-26(18-4-2-6-20(29)24(18)31)33-34-27(32-25)39-13-15(35)12-37-16-9-7-14-8-10-22(36)38-21(14)11-16/h1-11,15,35H,12-13H2. The fraction of sp³-hybridized carbons (Fsp3) is 0.111. The van der Waals surface area contributed by atoms with Crippen molar-refractivity contribution in [1.29, 1.82) is 0 Å². The van der Waals surface area contributed by atoms with Crippen LogP contribution in [0.15, 0.2) is 99.0 Å². The highest BCUT2D eigenvalue weighted by Gasteiger charge is 2.20. The van der Waals surface area contributed by atoms with Gasteiger partial charge >= 0.3 is 5.63 Å². The molecule has 0 spiro atoms. The van der Waals surface area contributed by atoms with Crippen LogP contribution in [0, 0.1) is 0 Å². The van der Waals surface area contributed by atoms with E-state index >= 15 is 0 Å². The number of aromatic nitrogens is 3. The molecule has 0 saturated carbocycles. The van der Waals surface area contributed by atoms with E-state index in [0.717, 1.165) is 34.4 Å². The zero-order valence-electron chi connectivity index (χ0n) is 19.8. The molecule has 0 saturated heterocycles. The molecule has 39 heavy (non-hydrogen) atoms. The number of nitrogens with zero attached hydrogens (tertiary/aromatic N) is 3. The maximum absolute atomic E-state index is 11.5. The molecule has 1 atom stereocenters. The maximum Gasteiger partial charge on any atom is 0.336 e. The van der Waals surface area contributed by atoms with Gasteiger partial charge in [-0.05, 0) is 94.1 Å². The molecule has 2 heterocycles. The lowest BCUT2D eigenvalue weighted by molar-refractivity contribution is 0.126. The van der Waals surface area contributed by atoms with Gasteiger partial charge in [-0.15, -0.1) is 10.2 Å². The van der Waals surface area contributed by atoms with Crippen LogP contribution in [0.25, 0.3) is 33.5 Å². The molecule has 0 amide bonds. The van der Waals surface area contributed by atoms with Crippen LogP contribution in [0.5, 0.6) is 5.75 Å². The smallest absolute Gasteiger partial charge is 0.336 e. The third-order valence-corrected chi connectivity index (χ3v) is 10.6. The van der Waals surface area contributed by atoms with Crippen LogP contribution < -0.4 is 10.4 Å². The zero-order valence-corrected chi connectivity index (χ0v) is 26.9. The summed E-state index contributed by atoms with van der Waals surface area (Å²) in [6.07, 6.45) is -0.808. The van der Waals surface area contributed by atoms with Crippen molar-refractivity contribution in [3.8, 4) is 28.3 Å². The summed E-state index contributed by atoms with van der Waals surface area (Å²) >= 11 is 15.7. The van der Waals surface area contributed by atoms with E-state index in [0.29, 0.717) is 27.9 Å². The summed E-state index contributed by atoms with van der Waals surface area (Å²) in [5.74, 6) is 0.771. The molecule has 2 aromatic heterocycles. The Morgan fingerprint density at radius 3 is 2.26 bits per heavy atom. The van der Waals surface area contributed by atoms with Crippen molar-refractivity contribution in [3.05, 3.63) is 95.0 Å². The quantitative estimate of drug-likeness (QED) is 0.125. The molecule has 12 heteroatoms. The van der Waals surface area contributed by atoms with Gasteiger partial charge in [0.05, 0.1) is 6.10 Å². The Labute approximate surface area is 260 Å². The van der Waals surface area contributed by atoms with E-state index in [4.69, 9.17) is 14.1 Å². The number of halogens is 4. The lowest BCUT2D eigenvalue weighted by Gasteiger charge is -2.14. The number of ether oxygens (including phenoxy) is 1. The predicted octanol–water partition coefficient (Wildman–Crippen LogP) is 7.89. The monoisotopic (exact) mass is 795 g/mol. The van der Waals surface area contributed by atoms with Gasteiger partial charge < -0.3 is 14.3 Å². The van der Waals surface area contributed by atoms with Crippen LogP contribution in [0.4, 0.5) is 0 Å². The van der Waals surface area contributed by atoms with Gasteiger partial charge in [0.1, 0.15) is 29.3 Å². The van der Waals surface area contributed by atoms with Gasteiger partial charge in [-0.1, -0.05) is 36.0 Å². The number of benzene rings is 3. The normalized spacial score (nSPS) is 12.0. The maximum atomic E-state index is 11.5. The molecule has 0 aliphatic carbocycles. The second kappa shape index (κ2) is 12.6. The fourth-order valence-electron chi connectivity index (χ4n) is 3.66. The summed E-state index contributed by atoms with van der Waals surface area (Å²) in [5, 5.41) is 20.7. The van der Waals surface area contributed by atoms with Gasteiger partial charge in [0.25, 0.3) is 0 Å². The number of hydrogen-bond acceptors (Lipinski definition) is 8. The van der Waals surface area contributed by atoms with Crippen LogP contribution in [0.3, 0.4) is 0 Å². The minimum Gasteiger partial charge on any atom is -0.491 e. The third-order valence-electron chi connectivity index (χ3n) is 5.52. The van der Waals surface area contributed by atoms with Crippen molar-refractivity contribution in [2.45, 2.75) is 11.3 Å². The Balaban J connectivity index is 1.35. The molecule has 0 fully saturated rings. The first-order valence-electron chi connectivity index (χ1n) is 11.4. The predicted molar refractivity (Wildman–Crippen MR) is 166 cm³/mol. The molecule has 5 rings (SSSR count). The lowest BCUT2D eigenvalue weighted by atomic mass is 10.0. The van der Waals surface area contributed by atoms with E-state index in [1.54, 1.807) is 24.3 Å². The Morgan fingerprint density at radius 1 is 0.872 bits per heavy atom. The van der Waals surface area contributed by atoms with Crippen molar-refractivity contribution in [2.24, 2.45) is 0 Å². The molecular weight excluding hydrogens is 782 g/mol. The van der Waals surface area contributed by atoms with Gasteiger partial charge in [-0.2, -0.15) is 0 Å². The molecule has 5 aromatic rings. The summed E-state index contributed by atoms with van der Waals surface area (Å²) in [4.78, 5) is 16.3. The largest absolute Gasteiger partial charge is 0.491 e. The van der Waals surface area contributed by atoms with Gasteiger partial charge in [0.2, 0.25) is 5.16 Å². The summed E-state index contributed by atoms with van der Waals surface area (Å²) in [6, 6.07) is 19.9. The Hall–Kier alpha value is -2.09. The van der Waals surface area contributed by atoms with Crippen molar-refractivity contribution in [1.82, 2.24) is 15.2 Å². The van der Waals surface area contributed by atoms with E-state index in [9.17, 15) is 9.90 Å². The fourth-order valence-corrected chi connectivity index (χ4v) is 5.99. The number of rotatable bonds is 8. The highest BCUT2D eigenvalue weighted by atomic mass is 79.9. The van der Waals surface area contributed by atoms with E-state index in [1.807, 2.05) is 36.4 Å². The van der Waals surface area contributed by atoms with Gasteiger partial charge in [0, 0.05) is 52.3 Å². The van der Waals surface area contributed by atoms with Crippen molar-refractivity contribution in [3.63, 3.8) is 0 Å². The van der Waals surface area contributed by atoms with E-state index in [2.05, 4.69) is 73.9 Å². The van der Waals surface area contributed by atoms with Gasteiger partial charge in [-0.3, -0.25) is 0 Å². The van der Waals surface area contributed by atoms with Crippen molar-refractivity contribution < 1.29 is 14.3 Å². The number of aliphatic hydroxyl groups excluding tert-OH is 1. The molecule has 0 aliphatic rings. The summed E-state index contributed by atoms with van der Waals surface area (Å²) < 4.78 is 14.4. The van der Waals surface area contributed by atoms with Crippen LogP contribution in [-0.4, -0.2) is 38.8 Å². The number of fused-ring (bicyclic) bond motifs is 1. The molecule has 0 aliphatic heterocycles. The van der Waals surface area contributed by atoms with Gasteiger partial charge in [0.15, 0.2) is 0 Å². The second-order valence-electron chi connectivity index (χ2n) is 8.22. The average Bonchev–Trinajstić information content (AvgIpc) is 2.93. The average molecular weight is 799 g/mol. The summed E-state index contributed by atoms with van der Waals surface area (Å²) in [7, 11) is 0. The third kappa shape index (κ3) is 6.63. The Morgan fingerprint density at radius 2 is 1.54 bits per heavy atom. The van der Waals surface area contributed by atoms with E-state index in [1.165, 1.54) is 17.8 Å². The minimum atomic E-state index is -0.808. The van der Waals surface area contributed by atoms with Crippen molar-refractivity contribution >= 4 is 86.5 Å². The van der Waals surface area contributed by atoms with Crippen LogP contribution >= 0.6 is 75.5 Å². The highest BCUT2D eigenvalue weighted by molar-refractivity contribution is 9.13. The topological polar surface area (TPSA) is 98.3 Å². The van der Waals surface area contributed by atoms with Crippen LogP contribution in [0.2, 0.25) is 0 Å². The first-order valence-corrected chi connectivity index (χ1v) is 15.6. The molecule has 0 bridgehead atoms. The van der Waals surface area contributed by atoms with Gasteiger partial charge in [-0.25, -0.2) is 9.78 Å². The van der Waals surface area contributed by atoms with Crippen LogP contribution in [-0.2, 0) is 0 Å². The Kier molecular flexibility index (Phi) is 9.20. The number of aliphatic hydroxyl groups is 1. The van der Waals surface area contributed by atoms with E-state index < -0.39 is 11.7 Å². The first kappa shape index (κ1) is 28.4. The minimum absolute atomic E-state index is 0.0378. The molecule has 1 N–H and O–H groups in total. The van der Waals surface area contributed by atoms with Crippen LogP contribution in [0.1, 0.15) is 0 Å².